The van der Waals surface area contributed by atoms with Gasteiger partial charge in [0.05, 0.1) is 17.7 Å². The van der Waals surface area contributed by atoms with Crippen LogP contribution in [0.4, 0.5) is 5.69 Å². The van der Waals surface area contributed by atoms with Crippen LogP contribution in [0.25, 0.3) is 0 Å². The number of anilines is 1. The minimum Gasteiger partial charge on any atom is -0.285 e. The number of hydrogen-bond donors (Lipinski definition) is 1. The highest BCUT2D eigenvalue weighted by atomic mass is 32.2. The molecule has 1 aliphatic rings. The van der Waals surface area contributed by atoms with E-state index in [-0.39, 0.29) is 0 Å². The lowest BCUT2D eigenvalue weighted by Crippen LogP contribution is -2.15. The van der Waals surface area contributed by atoms with Crippen molar-refractivity contribution in [1.82, 2.24) is 4.58 Å². The van der Waals surface area contributed by atoms with E-state index in [9.17, 15) is 0 Å². The zero-order chi connectivity index (χ0) is 7.68. The normalized spacial score (nSPS) is 16.1. The van der Waals surface area contributed by atoms with Crippen molar-refractivity contribution < 1.29 is 4.84 Å². The summed E-state index contributed by atoms with van der Waals surface area (Å²) in [7, 11) is 1.63. The molecule has 0 amide bonds. The van der Waals surface area contributed by atoms with Crippen LogP contribution in [0.3, 0.4) is 0 Å². The lowest BCUT2D eigenvalue weighted by molar-refractivity contribution is -0.0129. The summed E-state index contributed by atoms with van der Waals surface area (Å²) in [5.74, 6) is 0. The van der Waals surface area contributed by atoms with Crippen LogP contribution < -0.4 is 5.43 Å². The number of nitrogens with zero attached hydrogens (tertiary/aromatic N) is 1. The van der Waals surface area contributed by atoms with E-state index < -0.39 is 0 Å². The Morgan fingerprint density at radius 2 is 2.27 bits per heavy atom. The first-order valence-corrected chi connectivity index (χ1v) is 4.05. The Labute approximate surface area is 69.4 Å². The quantitative estimate of drug-likeness (QED) is 0.647. The third-order valence-electron chi connectivity index (χ3n) is 1.45. The number of nitrogens with one attached hydrogen (secondary N) is 1. The van der Waals surface area contributed by atoms with Gasteiger partial charge in [-0.05, 0) is 16.7 Å². The van der Waals surface area contributed by atoms with E-state index in [4.69, 9.17) is 4.84 Å². The van der Waals surface area contributed by atoms with Gasteiger partial charge in [-0.1, -0.05) is 12.1 Å². The van der Waals surface area contributed by atoms with Crippen molar-refractivity contribution in [3.8, 4) is 0 Å². The standard InChI is InChI=1S/C7H8N2OS/c1-10-9-8-6-4-2-3-5-7(6)11-9/h2-5,8H,1H3. The maximum Gasteiger partial charge on any atom is 0.0672 e. The highest BCUT2D eigenvalue weighted by molar-refractivity contribution is 7.97. The molecule has 0 spiro atoms. The van der Waals surface area contributed by atoms with Crippen LogP contribution >= 0.6 is 11.9 Å². The fourth-order valence-electron chi connectivity index (χ4n) is 0.932. The van der Waals surface area contributed by atoms with Crippen LogP contribution in [0, 0.1) is 0 Å². The van der Waals surface area contributed by atoms with E-state index in [2.05, 4.69) is 5.43 Å². The highest BCUT2D eigenvalue weighted by Gasteiger charge is 2.17. The van der Waals surface area contributed by atoms with Gasteiger partial charge in [0, 0.05) is 11.9 Å². The summed E-state index contributed by atoms with van der Waals surface area (Å²) in [6.07, 6.45) is 0. The van der Waals surface area contributed by atoms with Gasteiger partial charge in [0.1, 0.15) is 0 Å². The SMILES string of the molecule is CON1Nc2ccccc2S1. The Bertz CT molecular complexity index is 241. The zero-order valence-corrected chi connectivity index (χ0v) is 6.89. The second kappa shape index (κ2) is 2.73. The minimum atomic E-state index is 1.10. The molecule has 0 aliphatic carbocycles. The first-order valence-electron chi connectivity index (χ1n) is 3.28. The van der Waals surface area contributed by atoms with Crippen molar-refractivity contribution in [2.45, 2.75) is 4.90 Å². The van der Waals surface area contributed by atoms with Gasteiger partial charge in [-0.25, -0.2) is 0 Å². The molecule has 1 aliphatic heterocycles. The topological polar surface area (TPSA) is 24.5 Å². The van der Waals surface area contributed by atoms with Gasteiger partial charge in [0.2, 0.25) is 0 Å². The van der Waals surface area contributed by atoms with Gasteiger partial charge in [-0.2, -0.15) is 0 Å². The average Bonchev–Trinajstić information content (AvgIpc) is 2.46. The summed E-state index contributed by atoms with van der Waals surface area (Å²) in [6, 6.07) is 8.06. The largest absolute Gasteiger partial charge is 0.285 e. The van der Waals surface area contributed by atoms with Crippen molar-refractivity contribution in [3.05, 3.63) is 24.3 Å². The number of hydrogen-bond acceptors (Lipinski definition) is 4. The van der Waals surface area contributed by atoms with Crippen LogP contribution in [0.5, 0.6) is 0 Å². The highest BCUT2D eigenvalue weighted by Crippen LogP contribution is 2.36. The molecule has 2 rings (SSSR count). The molecule has 1 aromatic rings. The third kappa shape index (κ3) is 1.20. The van der Waals surface area contributed by atoms with Crippen LogP contribution in [-0.2, 0) is 4.84 Å². The van der Waals surface area contributed by atoms with Crippen molar-refractivity contribution in [3.63, 3.8) is 0 Å². The number of benzene rings is 1. The van der Waals surface area contributed by atoms with Gasteiger partial charge in [0.25, 0.3) is 0 Å². The minimum absolute atomic E-state index is 1.10. The summed E-state index contributed by atoms with van der Waals surface area (Å²) in [6.45, 7) is 0. The summed E-state index contributed by atoms with van der Waals surface area (Å²) in [5, 5.41) is 0. The molecule has 0 aromatic heterocycles. The average molecular weight is 168 g/mol. The molecule has 0 saturated heterocycles. The second-order valence-electron chi connectivity index (χ2n) is 2.14. The Balaban J connectivity index is 2.27. The predicted molar refractivity (Wildman–Crippen MR) is 44.8 cm³/mol. The van der Waals surface area contributed by atoms with Crippen LogP contribution in [0.15, 0.2) is 29.2 Å². The lowest BCUT2D eigenvalue weighted by Gasteiger charge is -2.08. The Morgan fingerprint density at radius 1 is 1.45 bits per heavy atom. The Morgan fingerprint density at radius 3 is 3.00 bits per heavy atom. The first-order chi connectivity index (χ1) is 5.40. The van der Waals surface area contributed by atoms with E-state index in [1.54, 1.807) is 11.7 Å². The van der Waals surface area contributed by atoms with Gasteiger partial charge < -0.3 is 0 Å². The number of hydrazine groups is 1. The molecule has 58 valence electrons. The molecule has 1 N–H and O–H groups in total. The van der Waals surface area contributed by atoms with E-state index in [1.807, 2.05) is 24.3 Å². The van der Waals surface area contributed by atoms with E-state index in [0.29, 0.717) is 0 Å². The third-order valence-corrected chi connectivity index (χ3v) is 2.40. The van der Waals surface area contributed by atoms with Crippen molar-refractivity contribution in [2.24, 2.45) is 0 Å². The van der Waals surface area contributed by atoms with E-state index in [0.717, 1.165) is 5.69 Å². The maximum absolute atomic E-state index is 4.98. The lowest BCUT2D eigenvalue weighted by atomic mass is 10.3. The van der Waals surface area contributed by atoms with E-state index in [1.165, 1.54) is 16.8 Å². The molecule has 4 heteroatoms. The van der Waals surface area contributed by atoms with Crippen LogP contribution in [0.2, 0.25) is 0 Å². The molecule has 0 radical (unpaired) electrons. The summed E-state index contributed by atoms with van der Waals surface area (Å²) < 4.78 is 1.62. The number of para-hydroxylation sites is 1. The van der Waals surface area contributed by atoms with Gasteiger partial charge in [0.15, 0.2) is 0 Å². The van der Waals surface area contributed by atoms with E-state index >= 15 is 0 Å². The smallest absolute Gasteiger partial charge is 0.0672 e. The second-order valence-corrected chi connectivity index (χ2v) is 3.09. The van der Waals surface area contributed by atoms with Crippen LogP contribution in [-0.4, -0.2) is 11.7 Å². The molecular formula is C7H8N2OS. The van der Waals surface area contributed by atoms with Gasteiger partial charge in [-0.3, -0.25) is 10.3 Å². The number of rotatable bonds is 1. The predicted octanol–water partition coefficient (Wildman–Crippen LogP) is 1.90. The fraction of sp³-hybridized carbons (Fsp3) is 0.143. The molecular weight excluding hydrogens is 160 g/mol. The molecule has 0 fully saturated rings. The summed E-state index contributed by atoms with van der Waals surface area (Å²) in [4.78, 5) is 6.17. The molecule has 11 heavy (non-hydrogen) atoms. The van der Waals surface area contributed by atoms with Gasteiger partial charge in [-0.15, -0.1) is 0 Å². The molecule has 0 bridgehead atoms. The summed E-state index contributed by atoms with van der Waals surface area (Å²) in [5.41, 5.74) is 4.15. The van der Waals surface area contributed by atoms with Crippen molar-refractivity contribution in [1.29, 1.82) is 0 Å². The number of fused-ring (bicyclic) bond motifs is 1. The molecule has 1 aromatic carbocycles. The zero-order valence-electron chi connectivity index (χ0n) is 6.07. The molecule has 0 saturated carbocycles. The van der Waals surface area contributed by atoms with Gasteiger partial charge >= 0.3 is 0 Å². The Kier molecular flexibility index (Phi) is 1.73. The fourth-order valence-corrected chi connectivity index (χ4v) is 1.68. The molecule has 1 heterocycles. The first kappa shape index (κ1) is 6.97. The molecule has 0 unspecified atom stereocenters. The Hall–Kier alpha value is -0.710. The maximum atomic E-state index is 4.98. The van der Waals surface area contributed by atoms with Crippen LogP contribution in [0.1, 0.15) is 0 Å². The monoisotopic (exact) mass is 168 g/mol. The van der Waals surface area contributed by atoms with Crippen molar-refractivity contribution >= 4 is 17.6 Å². The molecule has 3 nitrogen and oxygen atoms in total. The van der Waals surface area contributed by atoms with Crippen molar-refractivity contribution in [2.75, 3.05) is 12.5 Å². The molecule has 0 atom stereocenters. The summed E-state index contributed by atoms with van der Waals surface area (Å²) >= 11 is 1.54.